The maximum Gasteiger partial charge on any atom is 0.411 e. The molecule has 26 heteroatoms. The number of aliphatic hydroxyl groups excluding tert-OH is 2. The van der Waals surface area contributed by atoms with Crippen LogP contribution in [0.1, 0.15) is 133 Å². The second kappa shape index (κ2) is 28.2. The molecule has 0 saturated carbocycles. The lowest BCUT2D eigenvalue weighted by molar-refractivity contribution is -0.240. The van der Waals surface area contributed by atoms with Gasteiger partial charge in [-0.1, -0.05) is 50.6 Å². The molecule has 0 bridgehead atoms. The summed E-state index contributed by atoms with van der Waals surface area (Å²) in [5.41, 5.74) is 3.71. The van der Waals surface area contributed by atoms with E-state index in [1.165, 1.54) is 36.4 Å². The summed E-state index contributed by atoms with van der Waals surface area (Å²) < 4.78 is 23.7. The molecule has 8 atom stereocenters. The molecule has 2 fully saturated rings. The summed E-state index contributed by atoms with van der Waals surface area (Å²) in [4.78, 5) is 135. The number of carbonyl (C=O) groups is 10. The van der Waals surface area contributed by atoms with Gasteiger partial charge in [0.05, 0.1) is 47.8 Å². The van der Waals surface area contributed by atoms with Crippen LogP contribution in [0.4, 0.5) is 21.0 Å². The Morgan fingerprint density at radius 3 is 2.27 bits per heavy atom. The Morgan fingerprint density at radius 2 is 1.55 bits per heavy atom. The highest BCUT2D eigenvalue weighted by Crippen LogP contribution is 2.52. The number of Topliss-reactive ketones (excluding diaryl/α,β-unsaturated/α-hetero) is 1. The molecule has 1 unspecified atom stereocenters. The van der Waals surface area contributed by atoms with Gasteiger partial charge < -0.3 is 66.4 Å². The number of nitrogens with zero attached hydrogens (tertiary/aromatic N) is 2. The van der Waals surface area contributed by atoms with Crippen LogP contribution in [0, 0.1) is 11.8 Å². The van der Waals surface area contributed by atoms with Gasteiger partial charge in [0.1, 0.15) is 43.0 Å². The molecule has 11 N–H and O–H groups in total. The number of aliphatic hydroxyl groups is 2. The van der Waals surface area contributed by atoms with Crippen molar-refractivity contribution in [1.29, 1.82) is 0 Å². The van der Waals surface area contributed by atoms with Crippen molar-refractivity contribution in [2.75, 3.05) is 50.1 Å². The van der Waals surface area contributed by atoms with Crippen LogP contribution in [0.25, 0.3) is 0 Å². The van der Waals surface area contributed by atoms with Crippen molar-refractivity contribution in [3.63, 3.8) is 0 Å². The Kier molecular flexibility index (Phi) is 20.8. The lowest BCUT2D eigenvalue weighted by atomic mass is 9.73. The first-order chi connectivity index (χ1) is 40.6. The van der Waals surface area contributed by atoms with Crippen LogP contribution in [0.15, 0.2) is 54.6 Å². The highest BCUT2D eigenvalue weighted by molar-refractivity contribution is 6.32. The predicted molar refractivity (Wildman–Crippen MR) is 300 cm³/mol. The molecule has 85 heavy (non-hydrogen) atoms. The molecule has 2 saturated heterocycles. The summed E-state index contributed by atoms with van der Waals surface area (Å²) >= 11 is 0. The third-order valence-corrected chi connectivity index (χ3v) is 15.8. The van der Waals surface area contributed by atoms with E-state index in [1.54, 1.807) is 32.0 Å². The van der Waals surface area contributed by atoms with Gasteiger partial charge in [-0.05, 0) is 69.9 Å². The third-order valence-electron chi connectivity index (χ3n) is 15.8. The van der Waals surface area contributed by atoms with E-state index in [4.69, 9.17) is 24.7 Å². The number of phenols is 2. The first kappa shape index (κ1) is 62.9. The lowest BCUT2D eigenvalue weighted by Gasteiger charge is -2.44. The number of nitrogens with two attached hydrogens (primary N) is 1. The topological polar surface area (TPSA) is 381 Å². The molecule has 3 heterocycles. The minimum atomic E-state index is -1.23. The van der Waals surface area contributed by atoms with E-state index in [-0.39, 0.29) is 110 Å². The Labute approximate surface area is 489 Å². The number of ether oxygens (including phenoxy) is 4. The molecule has 8 amide bonds. The monoisotopic (exact) mass is 1180 g/mol. The maximum absolute atomic E-state index is 14.8. The van der Waals surface area contributed by atoms with Crippen molar-refractivity contribution >= 4 is 70.4 Å². The van der Waals surface area contributed by atoms with E-state index in [1.807, 2.05) is 11.8 Å². The van der Waals surface area contributed by atoms with Crippen LogP contribution < -0.4 is 32.3 Å². The number of morpholine rings is 1. The molecular weight excluding hydrogens is 1110 g/mol. The molecule has 5 aliphatic rings. The number of aromatic hydroxyl groups is 2. The van der Waals surface area contributed by atoms with E-state index in [2.05, 4.69) is 26.6 Å². The molecule has 2 aliphatic carbocycles. The van der Waals surface area contributed by atoms with E-state index >= 15 is 0 Å². The summed E-state index contributed by atoms with van der Waals surface area (Å²) in [7, 11) is 0. The van der Waals surface area contributed by atoms with Crippen molar-refractivity contribution in [3.8, 4) is 11.5 Å². The number of fused-ring (bicyclic) bond motifs is 3. The van der Waals surface area contributed by atoms with Crippen LogP contribution in [-0.2, 0) is 60.7 Å². The molecule has 8 rings (SSSR count). The third kappa shape index (κ3) is 14.9. The Bertz CT molecular complexity index is 3110. The summed E-state index contributed by atoms with van der Waals surface area (Å²) in [5, 5.41) is 58.0. The number of unbranched alkanes of at least 4 members (excludes halogenated alkanes) is 2. The summed E-state index contributed by atoms with van der Waals surface area (Å²) in [6.45, 7) is 5.18. The number of amides is 8. The number of anilines is 2. The quantitative estimate of drug-likeness (QED) is 0.0274. The smallest absolute Gasteiger partial charge is 0.411 e. The highest BCUT2D eigenvalue weighted by atomic mass is 16.7. The van der Waals surface area contributed by atoms with Crippen LogP contribution in [0.3, 0.4) is 0 Å². The standard InChI is InChI=1S/C59H72N8O18/c1-30(2)51(65-42(70)16-5-4-8-20-67-43(71)17-18-44(67)72)57(79)63-39(15-10-19-61-58(60)80)56(78)62-37-13-7-6-11-32(37)28-83-59(81)64-38-14-9-12-35-47(38)54(76)50-49(52(35)74)53(75)36-24-33(40(69)27-68)25-41(48(36)55(50)77)85-46-26-34(23-31(3)84-46)66-21-22-82-29-45(66)73/h6-7,9,11-14,17-18,30-31,33-34,39,41,45-46,51,68,73,75,77H,4-5,8,10,15-16,19-29H2,1-3H3,(H,62,78)(H,63,79)(H,64,81)(H,65,70)(H3,60,61,80)/t31-,33+,34+,39-,41?,45+,46-,51-/m0/s1. The van der Waals surface area contributed by atoms with Crippen LogP contribution in [0.2, 0.25) is 0 Å². The second-order valence-corrected chi connectivity index (χ2v) is 22.0. The minimum absolute atomic E-state index is 0.0000241. The average molecular weight is 1180 g/mol. The SMILES string of the molecule is CC(C)[C@H](NC(=O)CCCCCN1C(=O)C=CC1=O)C(=O)N[C@@H](CCCNC(N)=O)C(=O)Nc1ccccc1COC(=O)Nc1cccc2c1C(=O)c1c(O)c3c(c(O)c1C2=O)C[C@@H](C(=O)CO)CC3O[C@H]1C[C@H](N2CCOC[C@H]2O)C[C@H](C)O1. The van der Waals surface area contributed by atoms with E-state index in [9.17, 15) is 68.4 Å². The second-order valence-electron chi connectivity index (χ2n) is 22.0. The zero-order valence-corrected chi connectivity index (χ0v) is 47.4. The summed E-state index contributed by atoms with van der Waals surface area (Å²) in [6, 6.07) is 6.96. The van der Waals surface area contributed by atoms with Crippen molar-refractivity contribution in [2.45, 2.75) is 134 Å². The van der Waals surface area contributed by atoms with Crippen molar-refractivity contribution < 1.29 is 87.3 Å². The number of phenolic OH excluding ortho intramolecular Hbond substituents is 2. The van der Waals surface area contributed by atoms with Crippen molar-refractivity contribution in [1.82, 2.24) is 25.8 Å². The fourth-order valence-electron chi connectivity index (χ4n) is 11.5. The van der Waals surface area contributed by atoms with Gasteiger partial charge in [-0.25, -0.2) is 9.59 Å². The number of primary amides is 1. The van der Waals surface area contributed by atoms with Gasteiger partial charge in [0.25, 0.3) is 11.8 Å². The number of benzene rings is 3. The summed E-state index contributed by atoms with van der Waals surface area (Å²) in [5.74, 6) is -7.74. The molecule has 456 valence electrons. The van der Waals surface area contributed by atoms with Gasteiger partial charge in [-0.3, -0.25) is 53.5 Å². The van der Waals surface area contributed by atoms with Gasteiger partial charge >= 0.3 is 12.1 Å². The number of hydrogen-bond acceptors (Lipinski definition) is 19. The first-order valence-corrected chi connectivity index (χ1v) is 28.4. The number of imide groups is 1. The molecule has 26 nitrogen and oxygen atoms in total. The highest BCUT2D eigenvalue weighted by Gasteiger charge is 2.46. The molecule has 0 radical (unpaired) electrons. The lowest BCUT2D eigenvalue weighted by Crippen LogP contribution is -2.54. The van der Waals surface area contributed by atoms with Gasteiger partial charge in [-0.2, -0.15) is 0 Å². The number of carbonyl (C=O) groups excluding carboxylic acids is 10. The molecule has 3 aromatic carbocycles. The number of urea groups is 1. The Balaban J connectivity index is 0.944. The normalized spacial score (nSPS) is 21.7. The predicted octanol–water partition coefficient (Wildman–Crippen LogP) is 2.85. The molecule has 0 spiro atoms. The molecule has 0 aromatic heterocycles. The number of rotatable bonds is 24. The fourth-order valence-corrected chi connectivity index (χ4v) is 11.5. The molecule has 3 aliphatic heterocycles. The van der Waals surface area contributed by atoms with Crippen LogP contribution in [0.5, 0.6) is 11.5 Å². The van der Waals surface area contributed by atoms with Crippen molar-refractivity contribution in [3.05, 3.63) is 93.6 Å². The van der Waals surface area contributed by atoms with Gasteiger partial charge in [0, 0.05) is 84.5 Å². The Hall–Kier alpha value is -8.14. The number of ketones is 3. The average Bonchev–Trinajstić information content (AvgIpc) is 1.44. The van der Waals surface area contributed by atoms with E-state index < -0.39 is 137 Å². The minimum Gasteiger partial charge on any atom is -0.507 e. The van der Waals surface area contributed by atoms with Gasteiger partial charge in [0.15, 0.2) is 23.6 Å². The number of hydrogen-bond donors (Lipinski definition) is 10. The van der Waals surface area contributed by atoms with Gasteiger partial charge in [0.2, 0.25) is 17.7 Å². The fraction of sp³-hybridized carbons (Fsp3) is 0.492. The number of para-hydroxylation sites is 1. The maximum atomic E-state index is 14.8. The first-order valence-electron chi connectivity index (χ1n) is 28.4. The molecule has 3 aromatic rings. The van der Waals surface area contributed by atoms with Crippen LogP contribution >= 0.6 is 0 Å². The largest absolute Gasteiger partial charge is 0.507 e. The van der Waals surface area contributed by atoms with E-state index in [0.29, 0.717) is 38.8 Å². The van der Waals surface area contributed by atoms with Gasteiger partial charge in [-0.15, -0.1) is 0 Å². The van der Waals surface area contributed by atoms with Crippen molar-refractivity contribution in [2.24, 2.45) is 17.6 Å². The zero-order chi connectivity index (χ0) is 61.2. The molecular formula is C59H72N8O18. The van der Waals surface area contributed by atoms with Crippen LogP contribution in [-0.4, -0.2) is 165 Å². The summed E-state index contributed by atoms with van der Waals surface area (Å²) in [6.07, 6.45) is 0.000348. The number of nitrogens with one attached hydrogen (secondary N) is 5. The Morgan fingerprint density at radius 1 is 0.824 bits per heavy atom. The zero-order valence-electron chi connectivity index (χ0n) is 47.4. The van der Waals surface area contributed by atoms with E-state index in [0.717, 1.165) is 4.90 Å².